The molecule has 0 atom stereocenters. The summed E-state index contributed by atoms with van der Waals surface area (Å²) in [7, 11) is 0. The van der Waals surface area contributed by atoms with E-state index in [1.165, 1.54) is 18.2 Å². The molecule has 1 fully saturated rings. The SMILES string of the molecule is O=C(O)c1cc(C(=O)O)cc(N2CCCC2)c1. The zero-order chi connectivity index (χ0) is 12.4. The molecule has 2 N–H and O–H groups in total. The van der Waals surface area contributed by atoms with Crippen molar-refractivity contribution in [3.05, 3.63) is 29.3 Å². The molecule has 5 nitrogen and oxygen atoms in total. The van der Waals surface area contributed by atoms with Gasteiger partial charge in [0.15, 0.2) is 0 Å². The van der Waals surface area contributed by atoms with Gasteiger partial charge < -0.3 is 15.1 Å². The van der Waals surface area contributed by atoms with Crippen LogP contribution in [0.1, 0.15) is 33.6 Å². The zero-order valence-corrected chi connectivity index (χ0v) is 9.22. The maximum atomic E-state index is 10.9. The van der Waals surface area contributed by atoms with E-state index in [4.69, 9.17) is 10.2 Å². The van der Waals surface area contributed by atoms with Gasteiger partial charge in [0.1, 0.15) is 0 Å². The first-order valence-corrected chi connectivity index (χ1v) is 5.44. The quantitative estimate of drug-likeness (QED) is 0.833. The van der Waals surface area contributed by atoms with Crippen molar-refractivity contribution in [1.29, 1.82) is 0 Å². The lowest BCUT2D eigenvalue weighted by atomic mass is 10.1. The second-order valence-corrected chi connectivity index (χ2v) is 4.07. The highest BCUT2D eigenvalue weighted by Gasteiger charge is 2.17. The first-order chi connectivity index (χ1) is 8.08. The van der Waals surface area contributed by atoms with E-state index in [0.29, 0.717) is 5.69 Å². The number of hydrogen-bond acceptors (Lipinski definition) is 3. The van der Waals surface area contributed by atoms with Gasteiger partial charge in [0.25, 0.3) is 0 Å². The van der Waals surface area contributed by atoms with Crippen LogP contribution in [0.15, 0.2) is 18.2 Å². The minimum absolute atomic E-state index is 0.0202. The molecule has 5 heteroatoms. The molecule has 1 heterocycles. The topological polar surface area (TPSA) is 77.8 Å². The highest BCUT2D eigenvalue weighted by molar-refractivity contribution is 5.95. The molecular formula is C12H13NO4. The fourth-order valence-electron chi connectivity index (χ4n) is 2.02. The summed E-state index contributed by atoms with van der Waals surface area (Å²) in [6, 6.07) is 4.24. The average Bonchev–Trinajstić information content (AvgIpc) is 2.81. The molecule has 1 aromatic carbocycles. The van der Waals surface area contributed by atoms with Crippen molar-refractivity contribution in [1.82, 2.24) is 0 Å². The molecule has 1 aliphatic heterocycles. The molecule has 0 saturated carbocycles. The van der Waals surface area contributed by atoms with Gasteiger partial charge in [0.05, 0.1) is 11.1 Å². The summed E-state index contributed by atoms with van der Waals surface area (Å²) in [5.74, 6) is -2.21. The largest absolute Gasteiger partial charge is 0.478 e. The van der Waals surface area contributed by atoms with Gasteiger partial charge in [0.2, 0.25) is 0 Å². The van der Waals surface area contributed by atoms with Gasteiger partial charge >= 0.3 is 11.9 Å². The van der Waals surface area contributed by atoms with Crippen molar-refractivity contribution < 1.29 is 19.8 Å². The smallest absolute Gasteiger partial charge is 0.335 e. The Bertz CT molecular complexity index is 431. The number of aromatic carboxylic acids is 2. The van der Waals surface area contributed by atoms with Crippen LogP contribution < -0.4 is 4.90 Å². The number of benzene rings is 1. The van der Waals surface area contributed by atoms with Crippen LogP contribution in [0.4, 0.5) is 5.69 Å². The number of carboxylic acids is 2. The molecule has 0 aromatic heterocycles. The van der Waals surface area contributed by atoms with E-state index in [-0.39, 0.29) is 11.1 Å². The molecule has 0 spiro atoms. The van der Waals surface area contributed by atoms with Crippen LogP contribution in [-0.4, -0.2) is 35.2 Å². The molecule has 1 aromatic rings. The Labute approximate surface area is 98.3 Å². The monoisotopic (exact) mass is 235 g/mol. The van der Waals surface area contributed by atoms with E-state index in [0.717, 1.165) is 25.9 Å². The van der Waals surface area contributed by atoms with Crippen molar-refractivity contribution in [2.45, 2.75) is 12.8 Å². The number of anilines is 1. The molecule has 0 bridgehead atoms. The standard InChI is InChI=1S/C12H13NO4/c14-11(15)8-5-9(12(16)17)7-10(6-8)13-3-1-2-4-13/h5-7H,1-4H2,(H,14,15)(H,16,17). The summed E-state index contributed by atoms with van der Waals surface area (Å²) < 4.78 is 0. The number of carboxylic acid groups (broad SMARTS) is 2. The van der Waals surface area contributed by atoms with E-state index >= 15 is 0 Å². The van der Waals surface area contributed by atoms with Crippen LogP contribution in [0, 0.1) is 0 Å². The maximum Gasteiger partial charge on any atom is 0.335 e. The fraction of sp³-hybridized carbons (Fsp3) is 0.333. The number of carbonyl (C=O) groups is 2. The van der Waals surface area contributed by atoms with E-state index in [9.17, 15) is 9.59 Å². The molecule has 1 saturated heterocycles. The van der Waals surface area contributed by atoms with Crippen molar-refractivity contribution in [2.24, 2.45) is 0 Å². The van der Waals surface area contributed by atoms with E-state index < -0.39 is 11.9 Å². The Morgan fingerprint density at radius 1 is 0.941 bits per heavy atom. The molecule has 1 aliphatic rings. The van der Waals surface area contributed by atoms with Crippen LogP contribution in [0.5, 0.6) is 0 Å². The van der Waals surface area contributed by atoms with Crippen LogP contribution in [0.3, 0.4) is 0 Å². The molecular weight excluding hydrogens is 222 g/mol. The van der Waals surface area contributed by atoms with Gasteiger partial charge in [-0.15, -0.1) is 0 Å². The fourth-order valence-corrected chi connectivity index (χ4v) is 2.02. The van der Waals surface area contributed by atoms with Gasteiger partial charge in [-0.05, 0) is 31.0 Å². The molecule has 0 amide bonds. The summed E-state index contributed by atoms with van der Waals surface area (Å²) in [5.41, 5.74) is 0.721. The summed E-state index contributed by atoms with van der Waals surface area (Å²) in [4.78, 5) is 23.9. The van der Waals surface area contributed by atoms with Crippen molar-refractivity contribution in [2.75, 3.05) is 18.0 Å². The van der Waals surface area contributed by atoms with Crippen LogP contribution >= 0.6 is 0 Å². The number of nitrogens with zero attached hydrogens (tertiary/aromatic N) is 1. The maximum absolute atomic E-state index is 10.9. The molecule has 17 heavy (non-hydrogen) atoms. The summed E-state index contributed by atoms with van der Waals surface area (Å²) >= 11 is 0. The van der Waals surface area contributed by atoms with Crippen LogP contribution in [0.25, 0.3) is 0 Å². The Hall–Kier alpha value is -2.04. The lowest BCUT2D eigenvalue weighted by molar-refractivity contribution is 0.0696. The zero-order valence-electron chi connectivity index (χ0n) is 9.22. The highest BCUT2D eigenvalue weighted by Crippen LogP contribution is 2.23. The van der Waals surface area contributed by atoms with Crippen LogP contribution in [0.2, 0.25) is 0 Å². The third-order valence-electron chi connectivity index (χ3n) is 2.88. The van der Waals surface area contributed by atoms with Crippen molar-refractivity contribution in [3.8, 4) is 0 Å². The summed E-state index contributed by atoms with van der Waals surface area (Å²) in [6.07, 6.45) is 2.11. The first-order valence-electron chi connectivity index (χ1n) is 5.44. The second-order valence-electron chi connectivity index (χ2n) is 4.07. The van der Waals surface area contributed by atoms with Gasteiger partial charge in [-0.2, -0.15) is 0 Å². The number of hydrogen-bond donors (Lipinski definition) is 2. The average molecular weight is 235 g/mol. The van der Waals surface area contributed by atoms with Gasteiger partial charge in [-0.25, -0.2) is 9.59 Å². The predicted molar refractivity (Wildman–Crippen MR) is 61.8 cm³/mol. The first kappa shape index (κ1) is 11.4. The third-order valence-corrected chi connectivity index (χ3v) is 2.88. The third kappa shape index (κ3) is 2.38. The minimum atomic E-state index is -1.10. The Balaban J connectivity index is 2.43. The minimum Gasteiger partial charge on any atom is -0.478 e. The molecule has 0 radical (unpaired) electrons. The van der Waals surface area contributed by atoms with Gasteiger partial charge in [-0.1, -0.05) is 0 Å². The summed E-state index contributed by atoms with van der Waals surface area (Å²) in [6.45, 7) is 1.70. The van der Waals surface area contributed by atoms with Crippen molar-refractivity contribution >= 4 is 17.6 Å². The van der Waals surface area contributed by atoms with Gasteiger partial charge in [-0.3, -0.25) is 0 Å². The lowest BCUT2D eigenvalue weighted by Crippen LogP contribution is -2.18. The van der Waals surface area contributed by atoms with E-state index in [1.54, 1.807) is 0 Å². The molecule has 0 aliphatic carbocycles. The van der Waals surface area contributed by atoms with E-state index in [2.05, 4.69) is 0 Å². The Kier molecular flexibility index (Phi) is 2.99. The molecule has 2 rings (SSSR count). The highest BCUT2D eigenvalue weighted by atomic mass is 16.4. The number of rotatable bonds is 3. The molecule has 0 unspecified atom stereocenters. The Morgan fingerprint density at radius 2 is 1.41 bits per heavy atom. The lowest BCUT2D eigenvalue weighted by Gasteiger charge is -2.18. The summed E-state index contributed by atoms with van der Waals surface area (Å²) in [5, 5.41) is 17.9. The Morgan fingerprint density at radius 3 is 1.82 bits per heavy atom. The van der Waals surface area contributed by atoms with E-state index in [1.807, 2.05) is 4.90 Å². The normalized spacial score (nSPS) is 14.9. The van der Waals surface area contributed by atoms with Gasteiger partial charge in [0, 0.05) is 18.8 Å². The second kappa shape index (κ2) is 4.45. The molecule has 90 valence electrons. The predicted octanol–water partition coefficient (Wildman–Crippen LogP) is 1.68. The van der Waals surface area contributed by atoms with Crippen LogP contribution in [-0.2, 0) is 0 Å². The van der Waals surface area contributed by atoms with Crippen molar-refractivity contribution in [3.63, 3.8) is 0 Å².